The lowest BCUT2D eigenvalue weighted by atomic mass is 9.71. The number of fused-ring (bicyclic) bond motifs is 1. The van der Waals surface area contributed by atoms with E-state index in [-0.39, 0.29) is 29.6 Å². The first-order valence-corrected chi connectivity index (χ1v) is 11.5. The van der Waals surface area contributed by atoms with Crippen molar-refractivity contribution in [1.82, 2.24) is 0 Å². The van der Waals surface area contributed by atoms with E-state index in [0.29, 0.717) is 6.42 Å². The summed E-state index contributed by atoms with van der Waals surface area (Å²) in [6, 6.07) is 0. The first-order chi connectivity index (χ1) is 15.3. The first-order valence-electron chi connectivity index (χ1n) is 11.5. The third kappa shape index (κ3) is 4.81. The molecule has 8 atom stereocenters. The van der Waals surface area contributed by atoms with Gasteiger partial charge in [-0.15, -0.1) is 6.58 Å². The zero-order valence-electron chi connectivity index (χ0n) is 21.0. The Morgan fingerprint density at radius 1 is 1.09 bits per heavy atom. The highest BCUT2D eigenvalue weighted by Crippen LogP contribution is 2.39. The largest absolute Gasteiger partial charge is 0.457 e. The lowest BCUT2D eigenvalue weighted by Crippen LogP contribution is -2.53. The van der Waals surface area contributed by atoms with Crippen molar-refractivity contribution < 1.29 is 33.4 Å². The fraction of sp³-hybridized carbons (Fsp3) is 0.720. The number of carbonyl (C=O) groups is 4. The van der Waals surface area contributed by atoms with Gasteiger partial charge in [-0.2, -0.15) is 4.99 Å². The van der Waals surface area contributed by atoms with Gasteiger partial charge in [0.2, 0.25) is 0 Å². The number of allylic oxidation sites excluding steroid dienone is 1. The topological polar surface area (TPSA) is 108 Å². The average Bonchev–Trinajstić information content (AvgIpc) is 3.11. The van der Waals surface area contributed by atoms with Crippen molar-refractivity contribution in [2.75, 3.05) is 7.11 Å². The molecule has 1 amide bonds. The number of nitrogens with zero attached hydrogens (tertiary/aromatic N) is 1. The van der Waals surface area contributed by atoms with Gasteiger partial charge in [-0.1, -0.05) is 26.8 Å². The minimum Gasteiger partial charge on any atom is -0.457 e. The molecule has 2 heterocycles. The molecule has 0 aromatic carbocycles. The van der Waals surface area contributed by atoms with Crippen LogP contribution in [0.3, 0.4) is 0 Å². The number of hydrogen-bond acceptors (Lipinski definition) is 7. The highest BCUT2D eigenvalue weighted by Gasteiger charge is 2.53. The number of carbonyl (C=O) groups excluding carboxylic acids is 4. The van der Waals surface area contributed by atoms with Crippen LogP contribution in [0, 0.1) is 29.6 Å². The summed E-state index contributed by atoms with van der Waals surface area (Å²) in [5, 5.41) is 0. The molecule has 0 aromatic heterocycles. The van der Waals surface area contributed by atoms with Crippen LogP contribution in [0.2, 0.25) is 0 Å². The van der Waals surface area contributed by atoms with Gasteiger partial charge in [-0.05, 0) is 46.5 Å². The first kappa shape index (κ1) is 26.9. The smallest absolute Gasteiger partial charge is 0.434 e. The SMILES string of the molecule is C=C[C@@H]1C[C@@](C)(OC)[C@H](C)[C@@H](C)C(=O)[C@@H](C)C(=O)O[C@H](CC)[C@@]2(C)OC(=O)N=C2[C@@H](C)C1=O. The number of cyclic esters (lactones) is 1. The van der Waals surface area contributed by atoms with Crippen LogP contribution in [-0.2, 0) is 28.6 Å². The molecule has 0 saturated carbocycles. The number of aliphatic imine (C=N–C) groups is 1. The number of ether oxygens (including phenoxy) is 3. The van der Waals surface area contributed by atoms with Crippen LogP contribution in [0.15, 0.2) is 17.6 Å². The van der Waals surface area contributed by atoms with Gasteiger partial charge >= 0.3 is 12.1 Å². The summed E-state index contributed by atoms with van der Waals surface area (Å²) in [6.45, 7) is 15.9. The molecule has 1 saturated heterocycles. The minimum absolute atomic E-state index is 0.200. The van der Waals surface area contributed by atoms with E-state index in [1.807, 2.05) is 13.8 Å². The van der Waals surface area contributed by atoms with Crippen molar-refractivity contribution in [2.45, 2.75) is 78.6 Å². The fourth-order valence-corrected chi connectivity index (χ4v) is 4.98. The van der Waals surface area contributed by atoms with E-state index in [1.165, 1.54) is 6.92 Å². The highest BCUT2D eigenvalue weighted by molar-refractivity contribution is 6.15. The van der Waals surface area contributed by atoms with Crippen molar-refractivity contribution in [2.24, 2.45) is 34.6 Å². The zero-order chi connectivity index (χ0) is 25.3. The Kier molecular flexibility index (Phi) is 8.05. The maximum absolute atomic E-state index is 13.6. The van der Waals surface area contributed by atoms with Gasteiger partial charge in [0, 0.05) is 18.9 Å². The zero-order valence-corrected chi connectivity index (χ0v) is 21.0. The third-order valence-electron chi connectivity index (χ3n) is 7.78. The summed E-state index contributed by atoms with van der Waals surface area (Å²) >= 11 is 0. The number of rotatable bonds is 3. The molecule has 0 bridgehead atoms. The molecule has 2 aliphatic rings. The Morgan fingerprint density at radius 2 is 1.70 bits per heavy atom. The number of amides is 1. The Morgan fingerprint density at radius 3 is 2.21 bits per heavy atom. The van der Waals surface area contributed by atoms with E-state index in [1.54, 1.807) is 40.9 Å². The second-order valence-electron chi connectivity index (χ2n) is 9.69. The Hall–Kier alpha value is -2.35. The molecule has 2 aliphatic heterocycles. The molecule has 33 heavy (non-hydrogen) atoms. The number of Topliss-reactive ketones (excluding diaryl/α,β-unsaturated/α-hetero) is 2. The summed E-state index contributed by atoms with van der Waals surface area (Å²) in [5.74, 6) is -4.43. The van der Waals surface area contributed by atoms with Crippen molar-refractivity contribution in [3.63, 3.8) is 0 Å². The summed E-state index contributed by atoms with van der Waals surface area (Å²) in [4.78, 5) is 55.9. The van der Waals surface area contributed by atoms with Gasteiger partial charge in [0.25, 0.3) is 0 Å². The molecule has 8 heteroatoms. The van der Waals surface area contributed by atoms with Crippen molar-refractivity contribution in [3.05, 3.63) is 12.7 Å². The van der Waals surface area contributed by atoms with Crippen molar-refractivity contribution in [3.8, 4) is 0 Å². The quantitative estimate of drug-likeness (QED) is 0.354. The summed E-state index contributed by atoms with van der Waals surface area (Å²) < 4.78 is 17.0. The third-order valence-corrected chi connectivity index (χ3v) is 7.78. The average molecular weight is 464 g/mol. The molecule has 0 unspecified atom stereocenters. The molecule has 2 rings (SSSR count). The van der Waals surface area contributed by atoms with E-state index >= 15 is 0 Å². The molecular weight excluding hydrogens is 426 g/mol. The molecule has 0 radical (unpaired) electrons. The molecule has 0 aliphatic carbocycles. The van der Waals surface area contributed by atoms with E-state index in [4.69, 9.17) is 14.2 Å². The van der Waals surface area contributed by atoms with E-state index in [2.05, 4.69) is 11.6 Å². The lowest BCUT2D eigenvalue weighted by molar-refractivity contribution is -0.165. The number of ketones is 2. The van der Waals surface area contributed by atoms with Crippen LogP contribution in [0.5, 0.6) is 0 Å². The molecular formula is C25H37NO7. The number of methoxy groups -OCH3 is 1. The van der Waals surface area contributed by atoms with Crippen molar-refractivity contribution in [1.29, 1.82) is 0 Å². The number of esters is 1. The molecule has 184 valence electrons. The Labute approximate surface area is 196 Å². The minimum atomic E-state index is -1.42. The van der Waals surface area contributed by atoms with Gasteiger partial charge in [0.05, 0.1) is 17.2 Å². The van der Waals surface area contributed by atoms with Crippen LogP contribution < -0.4 is 0 Å². The molecule has 1 fully saturated rings. The Bertz CT molecular complexity index is 865. The Balaban J connectivity index is 2.65. The summed E-state index contributed by atoms with van der Waals surface area (Å²) in [5.41, 5.74) is -2.06. The summed E-state index contributed by atoms with van der Waals surface area (Å²) in [6.07, 6.45) is 0.409. The summed E-state index contributed by atoms with van der Waals surface area (Å²) in [7, 11) is 1.54. The second kappa shape index (κ2) is 9.87. The maximum atomic E-state index is 13.6. The highest BCUT2D eigenvalue weighted by atomic mass is 16.6. The van der Waals surface area contributed by atoms with Crippen LogP contribution in [-0.4, -0.2) is 53.8 Å². The molecule has 0 N–H and O–H groups in total. The van der Waals surface area contributed by atoms with E-state index in [9.17, 15) is 19.2 Å². The fourth-order valence-electron chi connectivity index (χ4n) is 4.98. The molecule has 0 spiro atoms. The van der Waals surface area contributed by atoms with Crippen LogP contribution in [0.1, 0.15) is 61.3 Å². The molecule has 8 nitrogen and oxygen atoms in total. The standard InChI is InChI=1S/C25H37NO7/c1-10-17-12-24(7,31-9)16(6)13(3)19(27)15(5)22(29)32-18(11-2)25(8)21(14(4)20(17)28)26-23(30)33-25/h10,13-18H,1,11-12H2,2-9H3/t13-,14+,15-,16-,17-,18-,24-,25-/m1/s1. The maximum Gasteiger partial charge on any atom is 0.434 e. The molecule has 0 aromatic rings. The predicted molar refractivity (Wildman–Crippen MR) is 123 cm³/mol. The van der Waals surface area contributed by atoms with Gasteiger partial charge < -0.3 is 14.2 Å². The van der Waals surface area contributed by atoms with Gasteiger partial charge in [0.15, 0.2) is 5.60 Å². The van der Waals surface area contributed by atoms with Gasteiger partial charge in [-0.25, -0.2) is 4.79 Å². The van der Waals surface area contributed by atoms with Crippen LogP contribution in [0.4, 0.5) is 4.79 Å². The van der Waals surface area contributed by atoms with E-state index in [0.717, 1.165) is 0 Å². The van der Waals surface area contributed by atoms with Gasteiger partial charge in [0.1, 0.15) is 23.6 Å². The predicted octanol–water partition coefficient (Wildman–Crippen LogP) is 3.95. The van der Waals surface area contributed by atoms with Gasteiger partial charge in [-0.3, -0.25) is 14.4 Å². The second-order valence-corrected chi connectivity index (χ2v) is 9.69. The van der Waals surface area contributed by atoms with E-state index < -0.39 is 53.0 Å². The number of hydrogen-bond donors (Lipinski definition) is 0. The van der Waals surface area contributed by atoms with Crippen LogP contribution >= 0.6 is 0 Å². The monoisotopic (exact) mass is 463 g/mol. The lowest BCUT2D eigenvalue weighted by Gasteiger charge is -2.41. The normalized spacial score (nSPS) is 40.9. The van der Waals surface area contributed by atoms with Crippen molar-refractivity contribution >= 4 is 29.3 Å². The van der Waals surface area contributed by atoms with Crippen LogP contribution in [0.25, 0.3) is 0 Å².